The van der Waals surface area contributed by atoms with Gasteiger partial charge in [0.1, 0.15) is 17.3 Å². The number of aliphatic carboxylic acids is 1. The van der Waals surface area contributed by atoms with Gasteiger partial charge in [-0.05, 0) is 31.9 Å². The number of carboxylic acid groups (broad SMARTS) is 1. The molecule has 1 aliphatic rings. The molecule has 1 fully saturated rings. The van der Waals surface area contributed by atoms with E-state index in [1.54, 1.807) is 6.92 Å². The summed E-state index contributed by atoms with van der Waals surface area (Å²) in [5.41, 5.74) is -0.202. The van der Waals surface area contributed by atoms with Crippen LogP contribution in [0.2, 0.25) is 0 Å². The zero-order chi connectivity index (χ0) is 15.5. The van der Waals surface area contributed by atoms with Crippen molar-refractivity contribution in [1.29, 1.82) is 5.26 Å². The Bertz CT molecular complexity index is 613. The molecule has 6 nitrogen and oxygen atoms in total. The molecule has 2 N–H and O–H groups in total. The lowest BCUT2D eigenvalue weighted by Crippen LogP contribution is -2.55. The van der Waals surface area contributed by atoms with Crippen molar-refractivity contribution >= 4 is 11.9 Å². The van der Waals surface area contributed by atoms with Crippen molar-refractivity contribution in [3.63, 3.8) is 0 Å². The second-order valence-electron chi connectivity index (χ2n) is 5.34. The number of nitriles is 1. The summed E-state index contributed by atoms with van der Waals surface area (Å²) in [7, 11) is 0. The van der Waals surface area contributed by atoms with E-state index in [0.29, 0.717) is 24.1 Å². The number of carbonyl (C=O) groups is 2. The summed E-state index contributed by atoms with van der Waals surface area (Å²) in [5.74, 6) is -1.51. The molecule has 0 unspecified atom stereocenters. The first-order chi connectivity index (χ1) is 9.98. The Kier molecular flexibility index (Phi) is 4.22. The van der Waals surface area contributed by atoms with Gasteiger partial charge in [0, 0.05) is 0 Å². The number of carboxylic acids is 1. The van der Waals surface area contributed by atoms with Crippen LogP contribution in [0.4, 0.5) is 0 Å². The molecule has 1 aromatic heterocycles. The molecular formula is C15H17N3O3. The maximum absolute atomic E-state index is 12.3. The van der Waals surface area contributed by atoms with E-state index in [2.05, 4.69) is 10.3 Å². The molecule has 1 aliphatic carbocycles. The molecule has 1 saturated carbocycles. The fraction of sp³-hybridized carbons (Fsp3) is 0.467. The summed E-state index contributed by atoms with van der Waals surface area (Å²) < 4.78 is 0. The summed E-state index contributed by atoms with van der Waals surface area (Å²) in [5, 5.41) is 20.9. The van der Waals surface area contributed by atoms with Gasteiger partial charge in [0.25, 0.3) is 5.91 Å². The average molecular weight is 287 g/mol. The molecule has 6 heteroatoms. The van der Waals surface area contributed by atoms with Gasteiger partial charge in [0.05, 0.1) is 11.3 Å². The summed E-state index contributed by atoms with van der Waals surface area (Å²) in [4.78, 5) is 27.9. The number of rotatable bonds is 3. The Hall–Kier alpha value is -2.42. The van der Waals surface area contributed by atoms with E-state index in [1.165, 1.54) is 12.1 Å². The first kappa shape index (κ1) is 15.0. The number of pyridine rings is 1. The molecule has 0 radical (unpaired) electrons. The standard InChI is InChI=1S/C15H17N3O3/c1-10-11(9-16)5-6-12(17-10)13(19)18-15(14(20)21)7-3-2-4-8-15/h5-6H,2-4,7-8H2,1H3,(H,18,19)(H,20,21). The van der Waals surface area contributed by atoms with E-state index < -0.39 is 17.4 Å². The smallest absolute Gasteiger partial charge is 0.329 e. The minimum Gasteiger partial charge on any atom is -0.480 e. The van der Waals surface area contributed by atoms with E-state index in [-0.39, 0.29) is 5.69 Å². The van der Waals surface area contributed by atoms with Gasteiger partial charge in [-0.3, -0.25) is 4.79 Å². The second-order valence-corrected chi connectivity index (χ2v) is 5.34. The molecular weight excluding hydrogens is 270 g/mol. The Balaban J connectivity index is 2.22. The van der Waals surface area contributed by atoms with Crippen LogP contribution in [0.3, 0.4) is 0 Å². The second kappa shape index (κ2) is 5.92. The molecule has 21 heavy (non-hydrogen) atoms. The third-order valence-corrected chi connectivity index (χ3v) is 3.91. The highest BCUT2D eigenvalue weighted by Crippen LogP contribution is 2.28. The molecule has 1 heterocycles. The van der Waals surface area contributed by atoms with Crippen molar-refractivity contribution in [2.24, 2.45) is 0 Å². The van der Waals surface area contributed by atoms with Crippen LogP contribution < -0.4 is 5.32 Å². The summed E-state index contributed by atoms with van der Waals surface area (Å²) in [6.07, 6.45) is 3.42. The lowest BCUT2D eigenvalue weighted by atomic mass is 9.81. The van der Waals surface area contributed by atoms with Gasteiger partial charge in [-0.25, -0.2) is 9.78 Å². The molecule has 0 atom stereocenters. The Morgan fingerprint density at radius 3 is 2.52 bits per heavy atom. The topological polar surface area (TPSA) is 103 Å². The van der Waals surface area contributed by atoms with Gasteiger partial charge in [-0.1, -0.05) is 19.3 Å². The van der Waals surface area contributed by atoms with Crippen molar-refractivity contribution in [2.75, 3.05) is 0 Å². The number of carbonyl (C=O) groups excluding carboxylic acids is 1. The average Bonchev–Trinajstić information content (AvgIpc) is 2.47. The van der Waals surface area contributed by atoms with E-state index in [1.807, 2.05) is 6.07 Å². The fourth-order valence-electron chi connectivity index (χ4n) is 2.63. The molecule has 110 valence electrons. The number of nitrogens with one attached hydrogen (secondary N) is 1. The SMILES string of the molecule is Cc1nc(C(=O)NC2(C(=O)O)CCCCC2)ccc1C#N. The van der Waals surface area contributed by atoms with Crippen molar-refractivity contribution < 1.29 is 14.7 Å². The zero-order valence-electron chi connectivity index (χ0n) is 11.8. The first-order valence-corrected chi connectivity index (χ1v) is 6.92. The van der Waals surface area contributed by atoms with Gasteiger partial charge in [-0.15, -0.1) is 0 Å². The largest absolute Gasteiger partial charge is 0.480 e. The normalized spacial score (nSPS) is 16.8. The third-order valence-electron chi connectivity index (χ3n) is 3.91. The highest BCUT2D eigenvalue weighted by Gasteiger charge is 2.41. The number of nitrogens with zero attached hydrogens (tertiary/aromatic N) is 2. The Morgan fingerprint density at radius 2 is 2.00 bits per heavy atom. The van der Waals surface area contributed by atoms with Crippen LogP contribution in [0, 0.1) is 18.3 Å². The van der Waals surface area contributed by atoms with Gasteiger partial charge in [-0.2, -0.15) is 5.26 Å². The third kappa shape index (κ3) is 3.02. The van der Waals surface area contributed by atoms with Crippen molar-refractivity contribution in [2.45, 2.75) is 44.6 Å². The van der Waals surface area contributed by atoms with Gasteiger partial charge in [0.2, 0.25) is 0 Å². The predicted molar refractivity (Wildman–Crippen MR) is 74.6 cm³/mol. The monoisotopic (exact) mass is 287 g/mol. The van der Waals surface area contributed by atoms with Crippen LogP contribution in [0.15, 0.2) is 12.1 Å². The molecule has 2 rings (SSSR count). The predicted octanol–water partition coefficient (Wildman–Crippen LogP) is 1.78. The molecule has 0 spiro atoms. The van der Waals surface area contributed by atoms with E-state index >= 15 is 0 Å². The summed E-state index contributed by atoms with van der Waals surface area (Å²) >= 11 is 0. The maximum Gasteiger partial charge on any atom is 0.329 e. The number of hydrogen-bond donors (Lipinski definition) is 2. The van der Waals surface area contributed by atoms with Gasteiger partial charge >= 0.3 is 5.97 Å². The number of aryl methyl sites for hydroxylation is 1. The Morgan fingerprint density at radius 1 is 1.33 bits per heavy atom. The lowest BCUT2D eigenvalue weighted by Gasteiger charge is -2.33. The van der Waals surface area contributed by atoms with E-state index in [4.69, 9.17) is 5.26 Å². The minimum atomic E-state index is -1.20. The van der Waals surface area contributed by atoms with Crippen LogP contribution in [0.25, 0.3) is 0 Å². The molecule has 0 aliphatic heterocycles. The number of aromatic nitrogens is 1. The lowest BCUT2D eigenvalue weighted by molar-refractivity contribution is -0.145. The van der Waals surface area contributed by atoms with Crippen LogP contribution in [0.1, 0.15) is 53.8 Å². The Labute approximate surface area is 122 Å². The highest BCUT2D eigenvalue weighted by atomic mass is 16.4. The van der Waals surface area contributed by atoms with E-state index in [0.717, 1.165) is 19.3 Å². The van der Waals surface area contributed by atoms with Crippen molar-refractivity contribution in [1.82, 2.24) is 10.3 Å². The highest BCUT2D eigenvalue weighted by molar-refractivity contribution is 5.96. The molecule has 1 amide bonds. The number of hydrogen-bond acceptors (Lipinski definition) is 4. The number of amides is 1. The first-order valence-electron chi connectivity index (χ1n) is 6.92. The van der Waals surface area contributed by atoms with Gasteiger partial charge in [0.15, 0.2) is 0 Å². The molecule has 0 saturated heterocycles. The van der Waals surface area contributed by atoms with Crippen LogP contribution in [0.5, 0.6) is 0 Å². The van der Waals surface area contributed by atoms with Crippen molar-refractivity contribution in [3.8, 4) is 6.07 Å². The zero-order valence-corrected chi connectivity index (χ0v) is 11.8. The maximum atomic E-state index is 12.3. The molecule has 0 aromatic carbocycles. The van der Waals surface area contributed by atoms with Crippen molar-refractivity contribution in [3.05, 3.63) is 29.1 Å². The minimum absolute atomic E-state index is 0.137. The molecule has 1 aromatic rings. The van der Waals surface area contributed by atoms with Crippen LogP contribution in [-0.2, 0) is 4.79 Å². The molecule has 0 bridgehead atoms. The van der Waals surface area contributed by atoms with Crippen LogP contribution >= 0.6 is 0 Å². The summed E-state index contributed by atoms with van der Waals surface area (Å²) in [6.45, 7) is 1.64. The fourth-order valence-corrected chi connectivity index (χ4v) is 2.63. The van der Waals surface area contributed by atoms with E-state index in [9.17, 15) is 14.7 Å². The van der Waals surface area contributed by atoms with Gasteiger partial charge < -0.3 is 10.4 Å². The quantitative estimate of drug-likeness (QED) is 0.882. The van der Waals surface area contributed by atoms with Crippen LogP contribution in [-0.4, -0.2) is 27.5 Å². The summed E-state index contributed by atoms with van der Waals surface area (Å²) in [6, 6.07) is 4.94.